The van der Waals surface area contributed by atoms with Crippen LogP contribution in [0.4, 0.5) is 0 Å². The average Bonchev–Trinajstić information content (AvgIpc) is 3.51. The Morgan fingerprint density at radius 1 is 1.00 bits per heavy atom. The van der Waals surface area contributed by atoms with Crippen molar-refractivity contribution in [2.24, 2.45) is 0 Å². The lowest BCUT2D eigenvalue weighted by Gasteiger charge is -2.33. The molecule has 4 aromatic heterocycles. The van der Waals surface area contributed by atoms with E-state index in [0.29, 0.717) is 23.9 Å². The summed E-state index contributed by atoms with van der Waals surface area (Å²) in [5.41, 5.74) is 10.4. The third-order valence-electron chi connectivity index (χ3n) is 8.51. The number of hydrogen-bond acceptors (Lipinski definition) is 5. The maximum atomic E-state index is 5.52. The van der Waals surface area contributed by atoms with E-state index >= 15 is 0 Å². The van der Waals surface area contributed by atoms with Gasteiger partial charge in [0.15, 0.2) is 5.65 Å². The molecule has 7 nitrogen and oxygen atoms in total. The van der Waals surface area contributed by atoms with Gasteiger partial charge in [-0.15, -0.1) is 0 Å². The van der Waals surface area contributed by atoms with Crippen molar-refractivity contribution >= 4 is 16.7 Å². The fraction of sp³-hybridized carbons (Fsp3) is 0.552. The highest BCUT2D eigenvalue weighted by atomic mass is 16.5. The Hall–Kier alpha value is -2.77. The van der Waals surface area contributed by atoms with Crippen molar-refractivity contribution in [3.8, 4) is 11.3 Å². The van der Waals surface area contributed by atoms with E-state index in [2.05, 4.69) is 66.4 Å². The Labute approximate surface area is 213 Å². The van der Waals surface area contributed by atoms with Gasteiger partial charge in [0.1, 0.15) is 6.33 Å². The quantitative estimate of drug-likeness (QED) is 0.372. The number of aromatic amines is 1. The zero-order valence-electron chi connectivity index (χ0n) is 22.0. The number of ether oxygens (including phenoxy) is 1. The second kappa shape index (κ2) is 9.60. The molecule has 2 fully saturated rings. The van der Waals surface area contributed by atoms with E-state index in [1.807, 2.05) is 4.52 Å². The van der Waals surface area contributed by atoms with E-state index in [4.69, 9.17) is 9.72 Å². The van der Waals surface area contributed by atoms with Gasteiger partial charge in [-0.1, -0.05) is 13.8 Å². The number of hydrogen-bond donors (Lipinski definition) is 2. The van der Waals surface area contributed by atoms with Crippen LogP contribution in [0.2, 0.25) is 0 Å². The molecule has 36 heavy (non-hydrogen) atoms. The number of pyridine rings is 2. The minimum absolute atomic E-state index is 0.349. The van der Waals surface area contributed by atoms with Gasteiger partial charge in [0, 0.05) is 54.2 Å². The maximum Gasteiger partial charge on any atom is 0.158 e. The van der Waals surface area contributed by atoms with Crippen LogP contribution in [-0.4, -0.2) is 49.9 Å². The molecule has 6 rings (SSSR count). The van der Waals surface area contributed by atoms with E-state index in [9.17, 15) is 0 Å². The summed E-state index contributed by atoms with van der Waals surface area (Å²) < 4.78 is 7.41. The third kappa shape index (κ3) is 4.22. The summed E-state index contributed by atoms with van der Waals surface area (Å²) in [6, 6.07) is 5.76. The minimum Gasteiger partial charge on any atom is -0.381 e. The first-order valence-corrected chi connectivity index (χ1v) is 13.7. The van der Waals surface area contributed by atoms with Gasteiger partial charge >= 0.3 is 0 Å². The molecule has 0 aromatic carbocycles. The Morgan fingerprint density at radius 3 is 2.50 bits per heavy atom. The molecule has 2 aliphatic rings. The first-order valence-electron chi connectivity index (χ1n) is 13.7. The third-order valence-corrected chi connectivity index (χ3v) is 8.51. The molecule has 2 N–H and O–H groups in total. The van der Waals surface area contributed by atoms with Crippen LogP contribution >= 0.6 is 0 Å². The largest absolute Gasteiger partial charge is 0.381 e. The van der Waals surface area contributed by atoms with Crippen molar-refractivity contribution in [3.05, 3.63) is 47.0 Å². The Bertz CT molecular complexity index is 1370. The molecule has 0 unspecified atom stereocenters. The van der Waals surface area contributed by atoms with Crippen LogP contribution in [0.15, 0.2) is 24.7 Å². The topological polar surface area (TPSA) is 80.1 Å². The number of nitrogens with one attached hydrogen (secondary N) is 2. The van der Waals surface area contributed by atoms with Gasteiger partial charge in [0.2, 0.25) is 0 Å². The van der Waals surface area contributed by atoms with Crippen LogP contribution in [0.25, 0.3) is 27.9 Å². The van der Waals surface area contributed by atoms with Gasteiger partial charge in [-0.25, -0.2) is 9.50 Å². The Kier molecular flexibility index (Phi) is 6.30. The molecule has 0 radical (unpaired) electrons. The maximum absolute atomic E-state index is 5.52. The van der Waals surface area contributed by atoms with E-state index in [1.54, 1.807) is 6.33 Å². The average molecular weight is 487 g/mol. The van der Waals surface area contributed by atoms with Crippen molar-refractivity contribution in [3.63, 3.8) is 0 Å². The Morgan fingerprint density at radius 2 is 1.75 bits per heavy atom. The highest BCUT2D eigenvalue weighted by Crippen LogP contribution is 2.39. The van der Waals surface area contributed by atoms with E-state index in [-0.39, 0.29) is 0 Å². The van der Waals surface area contributed by atoms with Gasteiger partial charge in [-0.2, -0.15) is 5.10 Å². The highest BCUT2D eigenvalue weighted by Gasteiger charge is 2.27. The SMILES string of the molecule is Cc1c(-c2[nH]c3ccc(C4CCC(NC5CCOCC5)CC4)nc3c2C(C)C)cn2ncnc2c1C. The van der Waals surface area contributed by atoms with Crippen LogP contribution < -0.4 is 5.32 Å². The highest BCUT2D eigenvalue weighted by molar-refractivity contribution is 5.89. The van der Waals surface area contributed by atoms with Crippen molar-refractivity contribution in [2.45, 2.75) is 90.1 Å². The number of nitrogens with zero attached hydrogens (tertiary/aromatic N) is 4. The van der Waals surface area contributed by atoms with E-state index in [1.165, 1.54) is 48.1 Å². The normalized spacial score (nSPS) is 21.7. The molecule has 0 spiro atoms. The number of fused-ring (bicyclic) bond motifs is 2. The molecule has 0 amide bonds. The molecule has 4 aromatic rings. The lowest BCUT2D eigenvalue weighted by atomic mass is 9.83. The van der Waals surface area contributed by atoms with Crippen LogP contribution in [0.5, 0.6) is 0 Å². The number of aromatic nitrogens is 5. The van der Waals surface area contributed by atoms with E-state index < -0.39 is 0 Å². The van der Waals surface area contributed by atoms with Crippen molar-refractivity contribution in [1.82, 2.24) is 29.9 Å². The second-order valence-electron chi connectivity index (χ2n) is 11.1. The van der Waals surface area contributed by atoms with Crippen molar-refractivity contribution < 1.29 is 4.74 Å². The van der Waals surface area contributed by atoms with Crippen molar-refractivity contribution in [1.29, 1.82) is 0 Å². The molecular formula is C29H38N6O. The number of rotatable bonds is 5. The van der Waals surface area contributed by atoms with Gasteiger partial charge in [-0.3, -0.25) is 4.98 Å². The lowest BCUT2D eigenvalue weighted by molar-refractivity contribution is 0.0729. The van der Waals surface area contributed by atoms with Gasteiger partial charge < -0.3 is 15.0 Å². The predicted octanol–water partition coefficient (Wildman–Crippen LogP) is 5.81. The summed E-state index contributed by atoms with van der Waals surface area (Å²) in [6.07, 6.45) is 10.9. The number of aryl methyl sites for hydroxylation is 1. The van der Waals surface area contributed by atoms with Crippen LogP contribution in [0.3, 0.4) is 0 Å². The molecule has 0 bridgehead atoms. The molecule has 0 atom stereocenters. The predicted molar refractivity (Wildman–Crippen MR) is 144 cm³/mol. The van der Waals surface area contributed by atoms with E-state index in [0.717, 1.165) is 54.0 Å². The second-order valence-corrected chi connectivity index (χ2v) is 11.1. The summed E-state index contributed by atoms with van der Waals surface area (Å²) in [6.45, 7) is 10.7. The fourth-order valence-electron chi connectivity index (χ4n) is 6.31. The molecule has 1 aliphatic heterocycles. The zero-order valence-corrected chi connectivity index (χ0v) is 22.0. The van der Waals surface area contributed by atoms with Crippen LogP contribution in [-0.2, 0) is 4.74 Å². The Balaban J connectivity index is 1.29. The molecule has 1 saturated heterocycles. The lowest BCUT2D eigenvalue weighted by Crippen LogP contribution is -2.43. The zero-order chi connectivity index (χ0) is 24.8. The first-order chi connectivity index (χ1) is 17.5. The smallest absolute Gasteiger partial charge is 0.158 e. The fourth-order valence-corrected chi connectivity index (χ4v) is 6.31. The summed E-state index contributed by atoms with van der Waals surface area (Å²) in [5, 5.41) is 8.33. The molecule has 1 aliphatic carbocycles. The van der Waals surface area contributed by atoms with Gasteiger partial charge in [0.05, 0.1) is 16.7 Å². The van der Waals surface area contributed by atoms with Gasteiger partial charge in [0.25, 0.3) is 0 Å². The minimum atomic E-state index is 0.349. The molecular weight excluding hydrogens is 448 g/mol. The molecule has 5 heterocycles. The standard InChI is InChI=1S/C29H38N6O/c1-17(2)26-27(23-15-35-29(30-16-31-35)19(4)18(23)3)34-25-10-9-24(33-28(25)26)20-5-7-21(8-6-20)32-22-11-13-36-14-12-22/h9-10,15-17,20-22,32,34H,5-8,11-14H2,1-4H3. The molecule has 190 valence electrons. The molecule has 1 saturated carbocycles. The molecule has 7 heteroatoms. The summed E-state index contributed by atoms with van der Waals surface area (Å²) in [7, 11) is 0. The number of H-pyrrole nitrogens is 1. The van der Waals surface area contributed by atoms with Crippen LogP contribution in [0, 0.1) is 13.8 Å². The van der Waals surface area contributed by atoms with Gasteiger partial charge in [-0.05, 0) is 81.5 Å². The monoisotopic (exact) mass is 486 g/mol. The summed E-state index contributed by atoms with van der Waals surface area (Å²) >= 11 is 0. The summed E-state index contributed by atoms with van der Waals surface area (Å²) in [5.74, 6) is 0.887. The summed E-state index contributed by atoms with van der Waals surface area (Å²) in [4.78, 5) is 13.5. The van der Waals surface area contributed by atoms with Crippen molar-refractivity contribution in [2.75, 3.05) is 13.2 Å². The first kappa shape index (κ1) is 23.6. The van der Waals surface area contributed by atoms with Crippen LogP contribution in [0.1, 0.15) is 86.6 Å².